The van der Waals surface area contributed by atoms with E-state index in [4.69, 9.17) is 0 Å². The van der Waals surface area contributed by atoms with Gasteiger partial charge in [0, 0.05) is 32.2 Å². The van der Waals surface area contributed by atoms with Crippen molar-refractivity contribution in [1.29, 1.82) is 0 Å². The van der Waals surface area contributed by atoms with E-state index in [0.717, 1.165) is 25.6 Å². The van der Waals surface area contributed by atoms with E-state index in [-0.39, 0.29) is 0 Å². The zero-order chi connectivity index (χ0) is 13.0. The fraction of sp³-hybridized carbons (Fsp3) is 0.625. The lowest BCUT2D eigenvalue weighted by Gasteiger charge is -2.21. The first-order valence-corrected chi connectivity index (χ1v) is 7.16. The smallest absolute Gasteiger partial charge is 0.0234 e. The van der Waals surface area contributed by atoms with Crippen molar-refractivity contribution in [3.05, 3.63) is 35.4 Å². The Morgan fingerprint density at radius 2 is 1.94 bits per heavy atom. The van der Waals surface area contributed by atoms with Crippen LogP contribution in [0.25, 0.3) is 0 Å². The third kappa shape index (κ3) is 3.82. The molecule has 0 aromatic heterocycles. The van der Waals surface area contributed by atoms with Gasteiger partial charge in [-0.3, -0.25) is 4.90 Å². The van der Waals surface area contributed by atoms with Gasteiger partial charge in [0.2, 0.25) is 0 Å². The third-order valence-electron chi connectivity index (χ3n) is 3.92. The summed E-state index contributed by atoms with van der Waals surface area (Å²) in [6, 6.07) is 9.62. The molecule has 2 heteroatoms. The van der Waals surface area contributed by atoms with Crippen LogP contribution in [0, 0.1) is 12.8 Å². The molecule has 1 aromatic rings. The minimum Gasteiger partial charge on any atom is -0.312 e. The molecule has 2 rings (SSSR count). The number of nitrogens with one attached hydrogen (secondary N) is 1. The molecule has 0 bridgehead atoms. The van der Waals surface area contributed by atoms with Gasteiger partial charge in [-0.15, -0.1) is 0 Å². The summed E-state index contributed by atoms with van der Waals surface area (Å²) in [5, 5.41) is 3.66. The molecule has 1 aliphatic heterocycles. The van der Waals surface area contributed by atoms with Gasteiger partial charge < -0.3 is 5.32 Å². The van der Waals surface area contributed by atoms with Crippen LogP contribution in [0.5, 0.6) is 0 Å². The maximum absolute atomic E-state index is 3.66. The predicted molar refractivity (Wildman–Crippen MR) is 77.7 cm³/mol. The highest BCUT2D eigenvalue weighted by Gasteiger charge is 2.18. The zero-order valence-corrected chi connectivity index (χ0v) is 11.9. The normalized spacial score (nSPS) is 22.1. The fourth-order valence-electron chi connectivity index (χ4n) is 2.62. The van der Waals surface area contributed by atoms with E-state index in [2.05, 4.69) is 55.3 Å². The molecular weight excluding hydrogens is 220 g/mol. The van der Waals surface area contributed by atoms with Crippen molar-refractivity contribution < 1.29 is 0 Å². The summed E-state index contributed by atoms with van der Waals surface area (Å²) in [6.07, 6.45) is 1.27. The first-order valence-electron chi connectivity index (χ1n) is 7.16. The SMILES string of the molecule is Cc1ccc(CN2CCNC(C(C)C)CC2)cc1. The van der Waals surface area contributed by atoms with Crippen molar-refractivity contribution in [2.45, 2.75) is 39.8 Å². The molecule has 0 radical (unpaired) electrons. The molecule has 1 atom stereocenters. The van der Waals surface area contributed by atoms with Crippen molar-refractivity contribution in [2.24, 2.45) is 5.92 Å². The van der Waals surface area contributed by atoms with E-state index in [1.54, 1.807) is 0 Å². The van der Waals surface area contributed by atoms with E-state index < -0.39 is 0 Å². The number of hydrogen-bond acceptors (Lipinski definition) is 2. The molecule has 0 aliphatic carbocycles. The Morgan fingerprint density at radius 3 is 2.61 bits per heavy atom. The highest BCUT2D eigenvalue weighted by molar-refractivity contribution is 5.21. The van der Waals surface area contributed by atoms with Crippen LogP contribution in [-0.4, -0.2) is 30.6 Å². The highest BCUT2D eigenvalue weighted by atomic mass is 15.2. The van der Waals surface area contributed by atoms with Crippen LogP contribution in [0.15, 0.2) is 24.3 Å². The van der Waals surface area contributed by atoms with E-state index in [9.17, 15) is 0 Å². The molecular formula is C16H26N2. The topological polar surface area (TPSA) is 15.3 Å². The molecule has 1 heterocycles. The highest BCUT2D eigenvalue weighted by Crippen LogP contribution is 2.13. The molecule has 1 fully saturated rings. The first-order chi connectivity index (χ1) is 8.65. The first kappa shape index (κ1) is 13.6. The Labute approximate surface area is 111 Å². The van der Waals surface area contributed by atoms with Gasteiger partial charge in [-0.25, -0.2) is 0 Å². The molecule has 1 N–H and O–H groups in total. The van der Waals surface area contributed by atoms with E-state index in [0.29, 0.717) is 6.04 Å². The Kier molecular flexibility index (Phi) is 4.79. The maximum atomic E-state index is 3.66. The van der Waals surface area contributed by atoms with Gasteiger partial charge in [-0.2, -0.15) is 0 Å². The average Bonchev–Trinajstić information content (AvgIpc) is 2.58. The lowest BCUT2D eigenvalue weighted by Crippen LogP contribution is -2.34. The molecule has 18 heavy (non-hydrogen) atoms. The second-order valence-electron chi connectivity index (χ2n) is 5.86. The van der Waals surface area contributed by atoms with Gasteiger partial charge in [-0.05, 0) is 24.8 Å². The van der Waals surface area contributed by atoms with Crippen LogP contribution in [-0.2, 0) is 6.54 Å². The summed E-state index contributed by atoms with van der Waals surface area (Å²) in [7, 11) is 0. The zero-order valence-electron chi connectivity index (χ0n) is 11.9. The quantitative estimate of drug-likeness (QED) is 0.882. The second kappa shape index (κ2) is 6.35. The minimum atomic E-state index is 0.688. The van der Waals surface area contributed by atoms with Gasteiger partial charge >= 0.3 is 0 Å². The number of hydrogen-bond donors (Lipinski definition) is 1. The van der Waals surface area contributed by atoms with Crippen LogP contribution < -0.4 is 5.32 Å². The van der Waals surface area contributed by atoms with E-state index in [1.165, 1.54) is 24.1 Å². The van der Waals surface area contributed by atoms with Crippen LogP contribution in [0.3, 0.4) is 0 Å². The van der Waals surface area contributed by atoms with Crippen molar-refractivity contribution in [1.82, 2.24) is 10.2 Å². The molecule has 100 valence electrons. The van der Waals surface area contributed by atoms with Crippen LogP contribution in [0.2, 0.25) is 0 Å². The van der Waals surface area contributed by atoms with Crippen LogP contribution in [0.1, 0.15) is 31.4 Å². The van der Waals surface area contributed by atoms with Gasteiger partial charge in [0.15, 0.2) is 0 Å². The van der Waals surface area contributed by atoms with Gasteiger partial charge in [0.25, 0.3) is 0 Å². The number of rotatable bonds is 3. The molecule has 1 saturated heterocycles. The molecule has 1 aliphatic rings. The Morgan fingerprint density at radius 1 is 1.22 bits per heavy atom. The number of nitrogens with zero attached hydrogens (tertiary/aromatic N) is 1. The number of aryl methyl sites for hydroxylation is 1. The van der Waals surface area contributed by atoms with Gasteiger partial charge in [-0.1, -0.05) is 43.7 Å². The van der Waals surface area contributed by atoms with Crippen LogP contribution >= 0.6 is 0 Å². The summed E-state index contributed by atoms with van der Waals surface area (Å²) in [6.45, 7) is 11.4. The Balaban J connectivity index is 1.88. The molecule has 1 aromatic carbocycles. The predicted octanol–water partition coefficient (Wildman–Crippen LogP) is 2.81. The third-order valence-corrected chi connectivity index (χ3v) is 3.92. The second-order valence-corrected chi connectivity index (χ2v) is 5.86. The van der Waals surface area contributed by atoms with E-state index in [1.807, 2.05) is 0 Å². The van der Waals surface area contributed by atoms with Crippen molar-refractivity contribution >= 4 is 0 Å². The monoisotopic (exact) mass is 246 g/mol. The standard InChI is InChI=1S/C16H26N2/c1-13(2)16-8-10-18(11-9-17-16)12-15-6-4-14(3)5-7-15/h4-7,13,16-17H,8-12H2,1-3H3. The van der Waals surface area contributed by atoms with Crippen molar-refractivity contribution in [3.8, 4) is 0 Å². The molecule has 2 nitrogen and oxygen atoms in total. The summed E-state index contributed by atoms with van der Waals surface area (Å²) in [4.78, 5) is 2.57. The van der Waals surface area contributed by atoms with Gasteiger partial charge in [0.05, 0.1) is 0 Å². The summed E-state index contributed by atoms with van der Waals surface area (Å²) < 4.78 is 0. The van der Waals surface area contributed by atoms with E-state index >= 15 is 0 Å². The van der Waals surface area contributed by atoms with Crippen LogP contribution in [0.4, 0.5) is 0 Å². The molecule has 0 amide bonds. The minimum absolute atomic E-state index is 0.688. The van der Waals surface area contributed by atoms with Gasteiger partial charge in [0.1, 0.15) is 0 Å². The summed E-state index contributed by atoms with van der Waals surface area (Å²) in [5.41, 5.74) is 2.78. The maximum Gasteiger partial charge on any atom is 0.0234 e. The Hall–Kier alpha value is -0.860. The largest absolute Gasteiger partial charge is 0.312 e. The Bertz CT molecular complexity index is 356. The van der Waals surface area contributed by atoms with Crippen molar-refractivity contribution in [3.63, 3.8) is 0 Å². The fourth-order valence-corrected chi connectivity index (χ4v) is 2.62. The average molecular weight is 246 g/mol. The summed E-state index contributed by atoms with van der Waals surface area (Å²) >= 11 is 0. The lowest BCUT2D eigenvalue weighted by molar-refractivity contribution is 0.278. The lowest BCUT2D eigenvalue weighted by atomic mass is 10.0. The van der Waals surface area contributed by atoms with Crippen molar-refractivity contribution in [2.75, 3.05) is 19.6 Å². The molecule has 0 spiro atoms. The molecule has 0 saturated carbocycles. The summed E-state index contributed by atoms with van der Waals surface area (Å²) in [5.74, 6) is 0.740. The molecule has 1 unspecified atom stereocenters. The number of benzene rings is 1.